The molecular weight excluding hydrogens is 233 g/mol. The van der Waals surface area contributed by atoms with Crippen molar-refractivity contribution in [1.29, 1.82) is 0 Å². The lowest BCUT2D eigenvalue weighted by molar-refractivity contribution is -0.140. The lowest BCUT2D eigenvalue weighted by Crippen LogP contribution is -2.42. The van der Waals surface area contributed by atoms with Crippen LogP contribution in [-0.2, 0) is 4.79 Å². The fraction of sp³-hybridized carbons (Fsp3) is 0.400. The molecule has 0 radical (unpaired) electrons. The number of hydrogen-bond donors (Lipinski definition) is 2. The quantitative estimate of drug-likeness (QED) is 0.700. The highest BCUT2D eigenvalue weighted by Crippen LogP contribution is 2.02. The first kappa shape index (κ1) is 8.90. The van der Waals surface area contributed by atoms with Crippen LogP contribution in [0, 0.1) is 0 Å². The van der Waals surface area contributed by atoms with Gasteiger partial charge in [-0.3, -0.25) is 0 Å². The molecule has 0 aromatic heterocycles. The van der Waals surface area contributed by atoms with Crippen molar-refractivity contribution in [2.75, 3.05) is 0 Å². The summed E-state index contributed by atoms with van der Waals surface area (Å²) in [5.74, 6) is -1.02. The molecule has 0 fully saturated rings. The molecule has 0 heterocycles. The summed E-state index contributed by atoms with van der Waals surface area (Å²) >= 11 is 1.92. The first-order valence-electron chi connectivity index (χ1n) is 2.31. The van der Waals surface area contributed by atoms with Crippen molar-refractivity contribution >= 4 is 28.6 Å². The van der Waals surface area contributed by atoms with Gasteiger partial charge in [-0.25, -0.2) is 4.79 Å². The van der Waals surface area contributed by atoms with Gasteiger partial charge in [-0.2, -0.15) is 0 Å². The summed E-state index contributed by atoms with van der Waals surface area (Å²) in [5, 5.41) is 8.39. The normalized spacial score (nSPS) is 17.7. The molecule has 9 heavy (non-hydrogen) atoms. The van der Waals surface area contributed by atoms with Gasteiger partial charge in [0.15, 0.2) is 0 Å². The molecule has 0 rings (SSSR count). The minimum atomic E-state index is -1.22. The van der Waals surface area contributed by atoms with Crippen molar-refractivity contribution in [1.82, 2.24) is 0 Å². The molecule has 3 N–H and O–H groups in total. The topological polar surface area (TPSA) is 63.3 Å². The van der Waals surface area contributed by atoms with Gasteiger partial charge >= 0.3 is 5.97 Å². The van der Waals surface area contributed by atoms with Crippen molar-refractivity contribution in [2.45, 2.75) is 12.5 Å². The van der Waals surface area contributed by atoms with Gasteiger partial charge < -0.3 is 10.8 Å². The standard InChI is InChI=1S/C5H8INO2/c1-5(7,2-3-6)4(8)9/h2-3H,7H2,1H3,(H,8,9)/b3-2+/t5-/m0/s1. The minimum absolute atomic E-state index is 1.02. The zero-order valence-electron chi connectivity index (χ0n) is 4.97. The second kappa shape index (κ2) is 3.17. The molecule has 3 nitrogen and oxygen atoms in total. The van der Waals surface area contributed by atoms with Gasteiger partial charge in [0.05, 0.1) is 0 Å². The number of rotatable bonds is 2. The highest BCUT2D eigenvalue weighted by atomic mass is 127. The summed E-state index contributed by atoms with van der Waals surface area (Å²) < 4.78 is 1.59. The number of carboxylic acid groups (broad SMARTS) is 1. The number of aliphatic carboxylic acids is 1. The predicted molar refractivity (Wildman–Crippen MR) is 43.4 cm³/mol. The molecule has 0 aliphatic heterocycles. The van der Waals surface area contributed by atoms with E-state index in [2.05, 4.69) is 0 Å². The molecule has 0 aromatic carbocycles. The van der Waals surface area contributed by atoms with Crippen molar-refractivity contribution in [3.05, 3.63) is 10.2 Å². The van der Waals surface area contributed by atoms with Crippen LogP contribution in [0.15, 0.2) is 10.2 Å². The summed E-state index contributed by atoms with van der Waals surface area (Å²) in [4.78, 5) is 10.2. The van der Waals surface area contributed by atoms with Crippen LogP contribution < -0.4 is 5.73 Å². The van der Waals surface area contributed by atoms with E-state index >= 15 is 0 Å². The lowest BCUT2D eigenvalue weighted by Gasteiger charge is -2.11. The Balaban J connectivity index is 4.19. The molecule has 52 valence electrons. The molecule has 1 atom stereocenters. The maximum Gasteiger partial charge on any atom is 0.327 e. The van der Waals surface area contributed by atoms with E-state index in [1.807, 2.05) is 22.6 Å². The van der Waals surface area contributed by atoms with Gasteiger partial charge in [0.2, 0.25) is 0 Å². The Morgan fingerprint density at radius 3 is 2.44 bits per heavy atom. The van der Waals surface area contributed by atoms with E-state index in [1.165, 1.54) is 13.0 Å². The summed E-state index contributed by atoms with van der Waals surface area (Å²) in [6.07, 6.45) is 1.43. The lowest BCUT2D eigenvalue weighted by atomic mass is 10.1. The predicted octanol–water partition coefficient (Wildman–Crippen LogP) is 0.737. The van der Waals surface area contributed by atoms with Crippen LogP contribution in [0.25, 0.3) is 0 Å². The summed E-state index contributed by atoms with van der Waals surface area (Å²) in [5.41, 5.74) is 4.06. The third kappa shape index (κ3) is 2.81. The Morgan fingerprint density at radius 2 is 2.33 bits per heavy atom. The van der Waals surface area contributed by atoms with Crippen LogP contribution in [0.5, 0.6) is 0 Å². The number of halogens is 1. The van der Waals surface area contributed by atoms with Crippen molar-refractivity contribution in [2.24, 2.45) is 5.73 Å². The molecule has 0 aromatic rings. The first-order valence-corrected chi connectivity index (χ1v) is 3.55. The van der Waals surface area contributed by atoms with Gasteiger partial charge in [0, 0.05) is 0 Å². The fourth-order valence-electron chi connectivity index (χ4n) is 0.202. The maximum atomic E-state index is 10.2. The second-order valence-corrected chi connectivity index (χ2v) is 2.60. The average molecular weight is 241 g/mol. The first-order chi connectivity index (χ1) is 4.00. The number of hydrogen-bond acceptors (Lipinski definition) is 2. The van der Waals surface area contributed by atoms with Gasteiger partial charge in [-0.05, 0) is 17.1 Å². The molecule has 0 unspecified atom stereocenters. The Labute approximate surface area is 67.1 Å². The van der Waals surface area contributed by atoms with Crippen molar-refractivity contribution in [3.63, 3.8) is 0 Å². The van der Waals surface area contributed by atoms with E-state index in [-0.39, 0.29) is 0 Å². The SMILES string of the molecule is C[C@](N)(/C=C/I)C(=O)O. The van der Waals surface area contributed by atoms with E-state index in [0.29, 0.717) is 0 Å². The maximum absolute atomic E-state index is 10.2. The van der Waals surface area contributed by atoms with Gasteiger partial charge in [0.1, 0.15) is 5.54 Å². The summed E-state index contributed by atoms with van der Waals surface area (Å²) in [6, 6.07) is 0. The highest BCUT2D eigenvalue weighted by Gasteiger charge is 2.23. The second-order valence-electron chi connectivity index (χ2n) is 1.88. The van der Waals surface area contributed by atoms with Crippen LogP contribution in [0.1, 0.15) is 6.92 Å². The molecule has 0 amide bonds. The summed E-state index contributed by atoms with van der Waals surface area (Å²) in [7, 11) is 0. The number of nitrogens with two attached hydrogens (primary N) is 1. The molecule has 0 bridgehead atoms. The Morgan fingerprint density at radius 1 is 1.89 bits per heavy atom. The smallest absolute Gasteiger partial charge is 0.327 e. The average Bonchev–Trinajstić information content (AvgIpc) is 1.65. The van der Waals surface area contributed by atoms with Crippen molar-refractivity contribution in [3.8, 4) is 0 Å². The number of carboxylic acids is 1. The van der Waals surface area contributed by atoms with Crippen molar-refractivity contribution < 1.29 is 9.90 Å². The molecule has 0 aliphatic carbocycles. The van der Waals surface area contributed by atoms with Crippen LogP contribution >= 0.6 is 22.6 Å². The molecule has 0 saturated carbocycles. The van der Waals surface area contributed by atoms with Gasteiger partial charge in [-0.1, -0.05) is 22.6 Å². The van der Waals surface area contributed by atoms with E-state index in [4.69, 9.17) is 10.8 Å². The zero-order valence-corrected chi connectivity index (χ0v) is 7.12. The van der Waals surface area contributed by atoms with E-state index in [9.17, 15) is 4.79 Å². The van der Waals surface area contributed by atoms with Crippen LogP contribution in [0.2, 0.25) is 0 Å². The molecule has 4 heteroatoms. The minimum Gasteiger partial charge on any atom is -0.480 e. The molecule has 0 aliphatic rings. The molecular formula is C5H8INO2. The van der Waals surface area contributed by atoms with E-state index in [1.54, 1.807) is 4.08 Å². The van der Waals surface area contributed by atoms with Gasteiger partial charge in [0.25, 0.3) is 0 Å². The largest absolute Gasteiger partial charge is 0.480 e. The zero-order chi connectivity index (χ0) is 7.49. The fourth-order valence-corrected chi connectivity index (χ4v) is 0.949. The van der Waals surface area contributed by atoms with Crippen LogP contribution in [0.4, 0.5) is 0 Å². The Kier molecular flexibility index (Phi) is 3.13. The van der Waals surface area contributed by atoms with E-state index < -0.39 is 11.5 Å². The highest BCUT2D eigenvalue weighted by molar-refractivity contribution is 14.1. The van der Waals surface area contributed by atoms with Crippen LogP contribution in [0.3, 0.4) is 0 Å². The third-order valence-corrected chi connectivity index (χ3v) is 1.23. The van der Waals surface area contributed by atoms with Crippen LogP contribution in [-0.4, -0.2) is 16.6 Å². The summed E-state index contributed by atoms with van der Waals surface area (Å²) in [6.45, 7) is 1.44. The van der Waals surface area contributed by atoms with Gasteiger partial charge in [-0.15, -0.1) is 0 Å². The monoisotopic (exact) mass is 241 g/mol. The third-order valence-electron chi connectivity index (χ3n) is 0.870. The Hall–Kier alpha value is -0.100. The Bertz CT molecular complexity index is 142. The molecule has 0 spiro atoms. The molecule has 0 saturated heterocycles. The number of carbonyl (C=O) groups is 1. The van der Waals surface area contributed by atoms with E-state index in [0.717, 1.165) is 0 Å².